The Morgan fingerprint density at radius 1 is 1.35 bits per heavy atom. The summed E-state index contributed by atoms with van der Waals surface area (Å²) in [5.41, 5.74) is 7.38. The average molecular weight is 234 g/mol. The number of methoxy groups -OCH3 is 1. The molecular formula is C14H22N2O. The lowest BCUT2D eigenvalue weighted by molar-refractivity contribution is 0.306. The van der Waals surface area contributed by atoms with Crippen LogP contribution in [0.5, 0.6) is 5.75 Å². The Bertz CT molecular complexity index is 390. The van der Waals surface area contributed by atoms with E-state index in [1.807, 2.05) is 18.2 Å². The third-order valence-corrected chi connectivity index (χ3v) is 3.88. The number of rotatable bonds is 2. The van der Waals surface area contributed by atoms with Crippen LogP contribution in [0.1, 0.15) is 26.7 Å². The van der Waals surface area contributed by atoms with Crippen LogP contribution in [0.2, 0.25) is 0 Å². The Morgan fingerprint density at radius 3 is 2.76 bits per heavy atom. The van der Waals surface area contributed by atoms with Crippen molar-refractivity contribution in [2.75, 3.05) is 18.6 Å². The third kappa shape index (κ3) is 2.12. The molecule has 0 bridgehead atoms. The second-order valence-corrected chi connectivity index (χ2v) is 5.23. The molecule has 1 fully saturated rings. The van der Waals surface area contributed by atoms with Crippen LogP contribution in [-0.2, 0) is 0 Å². The minimum absolute atomic E-state index is 0.0209. The summed E-state index contributed by atoms with van der Waals surface area (Å²) in [7, 11) is 1.72. The van der Waals surface area contributed by atoms with Crippen molar-refractivity contribution in [2.45, 2.75) is 38.3 Å². The van der Waals surface area contributed by atoms with Crippen LogP contribution in [0, 0.1) is 0 Å². The molecule has 1 unspecified atom stereocenters. The fourth-order valence-electron chi connectivity index (χ4n) is 2.59. The van der Waals surface area contributed by atoms with E-state index in [9.17, 15) is 0 Å². The minimum Gasteiger partial charge on any atom is -0.495 e. The Labute approximate surface area is 104 Å². The Balaban J connectivity index is 2.38. The molecule has 2 rings (SSSR count). The fraction of sp³-hybridized carbons (Fsp3) is 0.571. The molecule has 1 atom stereocenters. The zero-order chi connectivity index (χ0) is 12.5. The molecule has 17 heavy (non-hydrogen) atoms. The molecule has 1 heterocycles. The van der Waals surface area contributed by atoms with Crippen LogP contribution in [0.3, 0.4) is 0 Å². The van der Waals surface area contributed by atoms with E-state index in [0.29, 0.717) is 0 Å². The van der Waals surface area contributed by atoms with Gasteiger partial charge in [0.25, 0.3) is 0 Å². The largest absolute Gasteiger partial charge is 0.495 e. The van der Waals surface area contributed by atoms with E-state index in [1.54, 1.807) is 7.11 Å². The first-order valence-electron chi connectivity index (χ1n) is 6.23. The lowest BCUT2D eigenvalue weighted by atomic mass is 9.85. The van der Waals surface area contributed by atoms with Crippen LogP contribution >= 0.6 is 0 Å². The van der Waals surface area contributed by atoms with Crippen LogP contribution in [0.15, 0.2) is 24.3 Å². The molecule has 0 aromatic heterocycles. The van der Waals surface area contributed by atoms with Crippen molar-refractivity contribution in [1.29, 1.82) is 0 Å². The molecular weight excluding hydrogens is 212 g/mol. The van der Waals surface area contributed by atoms with Crippen molar-refractivity contribution >= 4 is 5.69 Å². The molecule has 1 aliphatic rings. The maximum Gasteiger partial charge on any atom is 0.142 e. The van der Waals surface area contributed by atoms with Crippen molar-refractivity contribution < 1.29 is 4.74 Å². The van der Waals surface area contributed by atoms with Gasteiger partial charge in [0, 0.05) is 18.1 Å². The molecule has 1 aromatic rings. The molecule has 3 heteroatoms. The summed E-state index contributed by atoms with van der Waals surface area (Å²) >= 11 is 0. The van der Waals surface area contributed by atoms with Crippen LogP contribution in [0.25, 0.3) is 0 Å². The SMILES string of the molecule is COc1ccccc1N1CCCC(N)C1(C)C. The maximum absolute atomic E-state index is 6.25. The quantitative estimate of drug-likeness (QED) is 0.854. The highest BCUT2D eigenvalue weighted by Crippen LogP contribution is 2.37. The second kappa shape index (κ2) is 4.57. The number of ether oxygens (including phenoxy) is 1. The van der Waals surface area contributed by atoms with Gasteiger partial charge in [0.1, 0.15) is 5.75 Å². The lowest BCUT2D eigenvalue weighted by Crippen LogP contribution is -2.59. The second-order valence-electron chi connectivity index (χ2n) is 5.23. The first kappa shape index (κ1) is 12.2. The summed E-state index contributed by atoms with van der Waals surface area (Å²) in [4.78, 5) is 2.38. The van der Waals surface area contributed by atoms with Crippen molar-refractivity contribution in [2.24, 2.45) is 5.73 Å². The monoisotopic (exact) mass is 234 g/mol. The van der Waals surface area contributed by atoms with E-state index in [1.165, 1.54) is 0 Å². The molecule has 1 aromatic carbocycles. The van der Waals surface area contributed by atoms with Gasteiger partial charge in [-0.2, -0.15) is 0 Å². The van der Waals surface area contributed by atoms with Gasteiger partial charge in [-0.3, -0.25) is 0 Å². The molecule has 3 nitrogen and oxygen atoms in total. The van der Waals surface area contributed by atoms with Gasteiger partial charge in [0.15, 0.2) is 0 Å². The van der Waals surface area contributed by atoms with Crippen molar-refractivity contribution in [3.8, 4) is 5.75 Å². The van der Waals surface area contributed by atoms with Crippen LogP contribution in [-0.4, -0.2) is 25.2 Å². The van der Waals surface area contributed by atoms with E-state index in [4.69, 9.17) is 10.5 Å². The maximum atomic E-state index is 6.25. The molecule has 2 N–H and O–H groups in total. The molecule has 94 valence electrons. The van der Waals surface area contributed by atoms with Gasteiger partial charge in [-0.05, 0) is 38.8 Å². The molecule has 0 amide bonds. The Kier molecular flexibility index (Phi) is 3.29. The first-order valence-corrected chi connectivity index (χ1v) is 6.23. The van der Waals surface area contributed by atoms with E-state index >= 15 is 0 Å². The highest BCUT2D eigenvalue weighted by Gasteiger charge is 2.37. The Hall–Kier alpha value is -1.22. The molecule has 0 saturated carbocycles. The lowest BCUT2D eigenvalue weighted by Gasteiger charge is -2.48. The van der Waals surface area contributed by atoms with Gasteiger partial charge in [0.05, 0.1) is 12.8 Å². The van der Waals surface area contributed by atoms with E-state index < -0.39 is 0 Å². The minimum atomic E-state index is -0.0209. The summed E-state index contributed by atoms with van der Waals surface area (Å²) in [5.74, 6) is 0.926. The number of nitrogens with zero attached hydrogens (tertiary/aromatic N) is 1. The van der Waals surface area contributed by atoms with Crippen molar-refractivity contribution in [3.63, 3.8) is 0 Å². The zero-order valence-electron chi connectivity index (χ0n) is 10.9. The highest BCUT2D eigenvalue weighted by atomic mass is 16.5. The third-order valence-electron chi connectivity index (χ3n) is 3.88. The number of hydrogen-bond acceptors (Lipinski definition) is 3. The number of benzene rings is 1. The summed E-state index contributed by atoms with van der Waals surface area (Å²) in [6, 6.07) is 8.37. The predicted octanol–water partition coefficient (Wildman–Crippen LogP) is 2.40. The molecule has 0 aliphatic carbocycles. The average Bonchev–Trinajstić information content (AvgIpc) is 2.33. The normalized spacial score (nSPS) is 23.5. The molecule has 1 saturated heterocycles. The zero-order valence-corrected chi connectivity index (χ0v) is 10.9. The smallest absolute Gasteiger partial charge is 0.142 e. The number of para-hydroxylation sites is 2. The number of hydrogen-bond donors (Lipinski definition) is 1. The topological polar surface area (TPSA) is 38.5 Å². The van der Waals surface area contributed by atoms with Gasteiger partial charge in [-0.25, -0.2) is 0 Å². The summed E-state index contributed by atoms with van der Waals surface area (Å²) in [6.07, 6.45) is 2.24. The Morgan fingerprint density at radius 2 is 2.06 bits per heavy atom. The molecule has 1 aliphatic heterocycles. The standard InChI is InChI=1S/C14H22N2O/c1-14(2)13(15)9-6-10-16(14)11-7-4-5-8-12(11)17-3/h4-5,7-8,13H,6,9-10,15H2,1-3H3. The number of anilines is 1. The molecule has 0 spiro atoms. The van der Waals surface area contributed by atoms with E-state index in [-0.39, 0.29) is 11.6 Å². The van der Waals surface area contributed by atoms with Gasteiger partial charge in [-0.15, -0.1) is 0 Å². The van der Waals surface area contributed by atoms with Gasteiger partial charge in [-0.1, -0.05) is 12.1 Å². The van der Waals surface area contributed by atoms with E-state index in [2.05, 4.69) is 24.8 Å². The number of nitrogens with two attached hydrogens (primary N) is 1. The molecule has 0 radical (unpaired) electrons. The van der Waals surface area contributed by atoms with E-state index in [0.717, 1.165) is 30.8 Å². The van der Waals surface area contributed by atoms with Gasteiger partial charge in [0.2, 0.25) is 0 Å². The van der Waals surface area contributed by atoms with Crippen LogP contribution < -0.4 is 15.4 Å². The fourth-order valence-corrected chi connectivity index (χ4v) is 2.59. The van der Waals surface area contributed by atoms with Gasteiger partial charge < -0.3 is 15.4 Å². The highest BCUT2D eigenvalue weighted by molar-refractivity contribution is 5.60. The summed E-state index contributed by atoms with van der Waals surface area (Å²) in [6.45, 7) is 5.47. The van der Waals surface area contributed by atoms with Crippen LogP contribution in [0.4, 0.5) is 5.69 Å². The van der Waals surface area contributed by atoms with Gasteiger partial charge >= 0.3 is 0 Å². The summed E-state index contributed by atoms with van der Waals surface area (Å²) in [5, 5.41) is 0. The van der Waals surface area contributed by atoms with Crippen molar-refractivity contribution in [3.05, 3.63) is 24.3 Å². The number of piperidine rings is 1. The summed E-state index contributed by atoms with van der Waals surface area (Å²) < 4.78 is 5.44. The van der Waals surface area contributed by atoms with Crippen molar-refractivity contribution in [1.82, 2.24) is 0 Å². The first-order chi connectivity index (χ1) is 8.07. The predicted molar refractivity (Wildman–Crippen MR) is 71.6 cm³/mol.